The van der Waals surface area contributed by atoms with E-state index in [0.29, 0.717) is 17.1 Å². The predicted molar refractivity (Wildman–Crippen MR) is 121 cm³/mol. The van der Waals surface area contributed by atoms with Crippen molar-refractivity contribution in [3.05, 3.63) is 88.9 Å². The SMILES string of the molecule is O=C(O)c1ccccc1-c1cccc(NCCCNC[C@H](O)c2cccc(Cl)c2)c1. The summed E-state index contributed by atoms with van der Waals surface area (Å²) in [5, 5.41) is 26.8. The molecule has 0 aromatic heterocycles. The molecular weight excluding hydrogens is 400 g/mol. The molecule has 0 fully saturated rings. The van der Waals surface area contributed by atoms with Crippen molar-refractivity contribution in [1.82, 2.24) is 5.32 Å². The lowest BCUT2D eigenvalue weighted by atomic mass is 9.99. The summed E-state index contributed by atoms with van der Waals surface area (Å²) in [7, 11) is 0. The molecule has 6 heteroatoms. The molecule has 0 aliphatic heterocycles. The number of halogens is 1. The third kappa shape index (κ3) is 6.07. The van der Waals surface area contributed by atoms with E-state index in [-0.39, 0.29) is 5.56 Å². The van der Waals surface area contributed by atoms with E-state index in [0.717, 1.165) is 36.3 Å². The fourth-order valence-corrected chi connectivity index (χ4v) is 3.43. The first-order valence-electron chi connectivity index (χ1n) is 9.85. The lowest BCUT2D eigenvalue weighted by molar-refractivity contribution is 0.0697. The number of hydrogen-bond donors (Lipinski definition) is 4. The molecule has 4 N–H and O–H groups in total. The molecule has 3 rings (SSSR count). The van der Waals surface area contributed by atoms with Crippen molar-refractivity contribution < 1.29 is 15.0 Å². The molecule has 30 heavy (non-hydrogen) atoms. The fourth-order valence-electron chi connectivity index (χ4n) is 3.23. The Hall–Kier alpha value is -2.86. The van der Waals surface area contributed by atoms with Gasteiger partial charge in [-0.3, -0.25) is 0 Å². The van der Waals surface area contributed by atoms with Crippen LogP contribution in [0.2, 0.25) is 5.02 Å². The van der Waals surface area contributed by atoms with Gasteiger partial charge in [0.25, 0.3) is 0 Å². The maximum absolute atomic E-state index is 11.5. The number of carbonyl (C=O) groups is 1. The van der Waals surface area contributed by atoms with E-state index in [2.05, 4.69) is 10.6 Å². The van der Waals surface area contributed by atoms with E-state index < -0.39 is 12.1 Å². The number of rotatable bonds is 10. The molecule has 0 spiro atoms. The summed E-state index contributed by atoms with van der Waals surface area (Å²) in [5.41, 5.74) is 3.58. The number of anilines is 1. The van der Waals surface area contributed by atoms with Crippen LogP contribution in [0.25, 0.3) is 11.1 Å². The number of aliphatic hydroxyl groups is 1. The van der Waals surface area contributed by atoms with Crippen LogP contribution in [0.15, 0.2) is 72.8 Å². The molecule has 0 aliphatic rings. The van der Waals surface area contributed by atoms with E-state index in [1.165, 1.54) is 0 Å². The average Bonchev–Trinajstić information content (AvgIpc) is 2.76. The van der Waals surface area contributed by atoms with Crippen molar-refractivity contribution in [2.24, 2.45) is 0 Å². The number of carboxylic acids is 1. The van der Waals surface area contributed by atoms with Gasteiger partial charge in [-0.1, -0.05) is 54.1 Å². The molecule has 3 aromatic carbocycles. The number of hydrogen-bond acceptors (Lipinski definition) is 4. The zero-order valence-electron chi connectivity index (χ0n) is 16.5. The molecule has 0 saturated carbocycles. The van der Waals surface area contributed by atoms with Crippen molar-refractivity contribution in [2.75, 3.05) is 25.0 Å². The van der Waals surface area contributed by atoms with Gasteiger partial charge in [-0.25, -0.2) is 4.79 Å². The lowest BCUT2D eigenvalue weighted by Crippen LogP contribution is -2.24. The average molecular weight is 425 g/mol. The van der Waals surface area contributed by atoms with Crippen molar-refractivity contribution in [2.45, 2.75) is 12.5 Å². The molecule has 0 amide bonds. The topological polar surface area (TPSA) is 81.6 Å². The van der Waals surface area contributed by atoms with Crippen LogP contribution in [0.4, 0.5) is 5.69 Å². The Morgan fingerprint density at radius 1 is 0.967 bits per heavy atom. The first kappa shape index (κ1) is 21.8. The third-order valence-electron chi connectivity index (χ3n) is 4.76. The molecule has 0 aliphatic carbocycles. The van der Waals surface area contributed by atoms with Crippen LogP contribution in [0.1, 0.15) is 28.4 Å². The van der Waals surface area contributed by atoms with Gasteiger partial charge in [0.05, 0.1) is 11.7 Å². The van der Waals surface area contributed by atoms with Crippen LogP contribution in [0, 0.1) is 0 Å². The third-order valence-corrected chi connectivity index (χ3v) is 5.00. The highest BCUT2D eigenvalue weighted by molar-refractivity contribution is 6.30. The fraction of sp³-hybridized carbons (Fsp3) is 0.208. The molecule has 5 nitrogen and oxygen atoms in total. The highest BCUT2D eigenvalue weighted by Crippen LogP contribution is 2.26. The molecule has 0 bridgehead atoms. The maximum Gasteiger partial charge on any atom is 0.336 e. The Balaban J connectivity index is 1.46. The van der Waals surface area contributed by atoms with Crippen LogP contribution < -0.4 is 10.6 Å². The number of benzene rings is 3. The van der Waals surface area contributed by atoms with Crippen LogP contribution in [0.5, 0.6) is 0 Å². The minimum atomic E-state index is -0.935. The van der Waals surface area contributed by atoms with Crippen molar-refractivity contribution in [3.63, 3.8) is 0 Å². The molecule has 0 heterocycles. The van der Waals surface area contributed by atoms with Gasteiger partial charge in [0.15, 0.2) is 0 Å². The Labute approximate surface area is 181 Å². The van der Waals surface area contributed by atoms with E-state index in [1.807, 2.05) is 48.5 Å². The largest absolute Gasteiger partial charge is 0.478 e. The van der Waals surface area contributed by atoms with Crippen molar-refractivity contribution in [3.8, 4) is 11.1 Å². The summed E-state index contributed by atoms with van der Waals surface area (Å²) in [6, 6.07) is 22.0. The van der Waals surface area contributed by atoms with E-state index in [9.17, 15) is 15.0 Å². The smallest absolute Gasteiger partial charge is 0.336 e. The van der Waals surface area contributed by atoms with Gasteiger partial charge in [0, 0.05) is 23.8 Å². The van der Waals surface area contributed by atoms with E-state index in [4.69, 9.17) is 11.6 Å². The Morgan fingerprint density at radius 3 is 2.57 bits per heavy atom. The highest BCUT2D eigenvalue weighted by Gasteiger charge is 2.11. The van der Waals surface area contributed by atoms with Gasteiger partial charge in [0.1, 0.15) is 0 Å². The van der Waals surface area contributed by atoms with Crippen molar-refractivity contribution in [1.29, 1.82) is 0 Å². The Kier molecular flexibility index (Phi) is 7.85. The van der Waals surface area contributed by atoms with Crippen LogP contribution in [-0.4, -0.2) is 35.8 Å². The molecule has 3 aromatic rings. The zero-order chi connectivity index (χ0) is 21.3. The first-order chi connectivity index (χ1) is 14.5. The monoisotopic (exact) mass is 424 g/mol. The summed E-state index contributed by atoms with van der Waals surface area (Å²) >= 11 is 5.96. The van der Waals surface area contributed by atoms with E-state index in [1.54, 1.807) is 24.3 Å². The maximum atomic E-state index is 11.5. The summed E-state index contributed by atoms with van der Waals surface area (Å²) in [6.45, 7) is 1.97. The molecule has 0 radical (unpaired) electrons. The van der Waals surface area contributed by atoms with Gasteiger partial charge >= 0.3 is 5.97 Å². The molecule has 0 saturated heterocycles. The van der Waals surface area contributed by atoms with E-state index >= 15 is 0 Å². The first-order valence-corrected chi connectivity index (χ1v) is 10.2. The second kappa shape index (κ2) is 10.8. The van der Waals surface area contributed by atoms with Crippen LogP contribution >= 0.6 is 11.6 Å². The molecule has 0 unspecified atom stereocenters. The van der Waals surface area contributed by atoms with Crippen molar-refractivity contribution >= 4 is 23.3 Å². The number of nitrogens with one attached hydrogen (secondary N) is 2. The Morgan fingerprint density at radius 2 is 1.77 bits per heavy atom. The van der Waals surface area contributed by atoms with Crippen LogP contribution in [-0.2, 0) is 0 Å². The minimum Gasteiger partial charge on any atom is -0.478 e. The van der Waals surface area contributed by atoms with Crippen LogP contribution in [0.3, 0.4) is 0 Å². The summed E-state index contributed by atoms with van der Waals surface area (Å²) in [4.78, 5) is 11.5. The summed E-state index contributed by atoms with van der Waals surface area (Å²) in [5.74, 6) is -0.935. The number of aliphatic hydroxyl groups excluding tert-OH is 1. The number of aromatic carboxylic acids is 1. The predicted octanol–water partition coefficient (Wildman–Crippen LogP) is 4.83. The van der Waals surface area contributed by atoms with Gasteiger partial charge in [0.2, 0.25) is 0 Å². The zero-order valence-corrected chi connectivity index (χ0v) is 17.3. The second-order valence-electron chi connectivity index (χ2n) is 6.99. The quantitative estimate of drug-likeness (QED) is 0.350. The standard InChI is InChI=1S/C24H25ClN2O3/c25-19-8-3-7-18(14-19)23(28)16-26-12-5-13-27-20-9-4-6-17(15-20)21-10-1-2-11-22(21)24(29)30/h1-4,6-11,14-15,23,26-28H,5,12-13,16H2,(H,29,30)/t23-/m0/s1. The highest BCUT2D eigenvalue weighted by atomic mass is 35.5. The normalized spacial score (nSPS) is 11.8. The summed E-state index contributed by atoms with van der Waals surface area (Å²) in [6.07, 6.45) is 0.278. The van der Waals surface area contributed by atoms with Gasteiger partial charge in [-0.2, -0.15) is 0 Å². The second-order valence-corrected chi connectivity index (χ2v) is 7.42. The Bertz CT molecular complexity index is 993. The van der Waals surface area contributed by atoms with Gasteiger partial charge < -0.3 is 20.8 Å². The van der Waals surface area contributed by atoms with Gasteiger partial charge in [-0.15, -0.1) is 0 Å². The lowest BCUT2D eigenvalue weighted by Gasteiger charge is -2.13. The minimum absolute atomic E-state index is 0.289. The summed E-state index contributed by atoms with van der Waals surface area (Å²) < 4.78 is 0. The van der Waals surface area contributed by atoms with Gasteiger partial charge in [-0.05, 0) is 60.0 Å². The number of carboxylic acid groups (broad SMARTS) is 1. The molecule has 156 valence electrons. The molecule has 1 atom stereocenters. The molecular formula is C24H25ClN2O3.